The second kappa shape index (κ2) is 9.30. The summed E-state index contributed by atoms with van der Waals surface area (Å²) in [5, 5.41) is 13.2. The zero-order chi connectivity index (χ0) is 23.7. The maximum absolute atomic E-state index is 12.0. The van der Waals surface area contributed by atoms with Crippen molar-refractivity contribution in [1.82, 2.24) is 10.2 Å². The van der Waals surface area contributed by atoms with Gasteiger partial charge in [-0.3, -0.25) is 30.0 Å². The molecule has 3 aliphatic heterocycles. The molecule has 3 saturated heterocycles. The van der Waals surface area contributed by atoms with E-state index in [9.17, 15) is 19.7 Å². The smallest absolute Gasteiger partial charge is 0.328 e. The first-order valence-electron chi connectivity index (χ1n) is 11.6. The summed E-state index contributed by atoms with van der Waals surface area (Å²) in [5.74, 6) is 0.389. The number of carbonyl (C=O) groups is 2. The van der Waals surface area contributed by atoms with Crippen molar-refractivity contribution >= 4 is 34.7 Å². The molecule has 0 radical (unpaired) electrons. The Morgan fingerprint density at radius 3 is 2.03 bits per heavy atom. The van der Waals surface area contributed by atoms with Crippen LogP contribution in [0.2, 0.25) is 0 Å². The van der Waals surface area contributed by atoms with Gasteiger partial charge in [0.05, 0.1) is 4.92 Å². The molecule has 3 amide bonds. The van der Waals surface area contributed by atoms with Gasteiger partial charge in [0.2, 0.25) is 5.91 Å². The van der Waals surface area contributed by atoms with Crippen LogP contribution >= 0.6 is 0 Å². The summed E-state index contributed by atoms with van der Waals surface area (Å²) in [6.07, 6.45) is 0.322. The van der Waals surface area contributed by atoms with Crippen molar-refractivity contribution < 1.29 is 14.5 Å². The van der Waals surface area contributed by atoms with Crippen LogP contribution in [0, 0.1) is 16.0 Å². The molecular weight excluding hydrogens is 436 g/mol. The van der Waals surface area contributed by atoms with Crippen molar-refractivity contribution in [2.24, 2.45) is 5.92 Å². The van der Waals surface area contributed by atoms with E-state index in [1.54, 1.807) is 17.0 Å². The van der Waals surface area contributed by atoms with Gasteiger partial charge in [-0.25, -0.2) is 4.79 Å². The van der Waals surface area contributed by atoms with Crippen molar-refractivity contribution in [3.05, 3.63) is 58.6 Å². The average Bonchev–Trinajstić information content (AvgIpc) is 2.82. The topological polar surface area (TPSA) is 102 Å². The quantitative estimate of drug-likeness (QED) is 0.517. The monoisotopic (exact) mass is 464 g/mol. The summed E-state index contributed by atoms with van der Waals surface area (Å²) in [5.41, 5.74) is 3.12. The normalized spacial score (nSPS) is 19.7. The van der Waals surface area contributed by atoms with Crippen LogP contribution in [0.3, 0.4) is 0 Å². The first-order valence-corrected chi connectivity index (χ1v) is 11.6. The molecule has 10 heteroatoms. The van der Waals surface area contributed by atoms with Gasteiger partial charge in [0.25, 0.3) is 5.69 Å². The largest absolute Gasteiger partial charge is 0.371 e. The van der Waals surface area contributed by atoms with E-state index < -0.39 is 0 Å². The van der Waals surface area contributed by atoms with Crippen molar-refractivity contribution in [1.29, 1.82) is 0 Å². The van der Waals surface area contributed by atoms with E-state index in [1.807, 2.05) is 36.4 Å². The van der Waals surface area contributed by atoms with Crippen LogP contribution < -0.4 is 20.0 Å². The molecule has 3 heterocycles. The van der Waals surface area contributed by atoms with E-state index in [2.05, 4.69) is 20.0 Å². The van der Waals surface area contributed by atoms with Gasteiger partial charge in [-0.1, -0.05) is 0 Å². The highest BCUT2D eigenvalue weighted by Gasteiger charge is 2.30. The lowest BCUT2D eigenvalue weighted by Crippen LogP contribution is -2.55. The lowest BCUT2D eigenvalue weighted by molar-refractivity contribution is -0.384. The van der Waals surface area contributed by atoms with Crippen LogP contribution in [0.25, 0.3) is 0 Å². The van der Waals surface area contributed by atoms with Crippen LogP contribution in [0.15, 0.2) is 48.5 Å². The second-order valence-electron chi connectivity index (χ2n) is 9.10. The van der Waals surface area contributed by atoms with E-state index in [4.69, 9.17) is 0 Å². The average molecular weight is 465 g/mol. The number of nitrogens with zero attached hydrogens (tertiary/aromatic N) is 5. The van der Waals surface area contributed by atoms with Gasteiger partial charge in [0.15, 0.2) is 0 Å². The Kier molecular flexibility index (Phi) is 6.06. The van der Waals surface area contributed by atoms with Gasteiger partial charge in [0.1, 0.15) is 0 Å². The van der Waals surface area contributed by atoms with Crippen LogP contribution in [-0.4, -0.2) is 74.1 Å². The van der Waals surface area contributed by atoms with Crippen molar-refractivity contribution in [3.63, 3.8) is 0 Å². The van der Waals surface area contributed by atoms with E-state index in [-0.39, 0.29) is 22.5 Å². The summed E-state index contributed by atoms with van der Waals surface area (Å²) in [6, 6.07) is 14.4. The number of nitro benzene ring substituents is 1. The molecule has 0 aliphatic carbocycles. The molecule has 0 saturated carbocycles. The van der Waals surface area contributed by atoms with Crippen molar-refractivity contribution in [2.45, 2.75) is 6.42 Å². The number of piperazine rings is 1. The second-order valence-corrected chi connectivity index (χ2v) is 9.10. The molecule has 0 atom stereocenters. The number of anilines is 3. The van der Waals surface area contributed by atoms with Crippen LogP contribution in [-0.2, 0) is 4.79 Å². The molecule has 1 N–H and O–H groups in total. The third-order valence-electron chi connectivity index (χ3n) is 6.85. The molecule has 5 rings (SSSR count). The number of non-ortho nitro benzene ring substituents is 1. The van der Waals surface area contributed by atoms with Crippen LogP contribution in [0.5, 0.6) is 0 Å². The summed E-state index contributed by atoms with van der Waals surface area (Å²) in [7, 11) is 0. The number of carbonyl (C=O) groups excluding carboxylic acids is 2. The summed E-state index contributed by atoms with van der Waals surface area (Å²) < 4.78 is 0. The highest BCUT2D eigenvalue weighted by Crippen LogP contribution is 2.28. The highest BCUT2D eigenvalue weighted by atomic mass is 16.6. The standard InChI is InChI=1S/C24H28N6O4/c31-23-9-10-29(24(32)25-23)21-5-1-19(2-6-21)27-13-11-26(12-14-27)15-18-16-28(17-18)20-3-7-22(8-4-20)30(33)34/h1-8,18H,9-17H2,(H,25,31,32). The molecule has 0 unspecified atom stereocenters. The Bertz CT molecular complexity index is 1060. The summed E-state index contributed by atoms with van der Waals surface area (Å²) in [6.45, 7) is 7.36. The molecule has 3 aliphatic rings. The van der Waals surface area contributed by atoms with E-state index in [0.29, 0.717) is 18.9 Å². The number of nitrogens with one attached hydrogen (secondary N) is 1. The maximum atomic E-state index is 12.0. The molecule has 2 aromatic carbocycles. The molecule has 10 nitrogen and oxygen atoms in total. The number of urea groups is 1. The third-order valence-corrected chi connectivity index (χ3v) is 6.85. The van der Waals surface area contributed by atoms with Crippen LogP contribution in [0.1, 0.15) is 6.42 Å². The number of hydrogen-bond acceptors (Lipinski definition) is 7. The Morgan fingerprint density at radius 1 is 0.824 bits per heavy atom. The number of hydrogen-bond donors (Lipinski definition) is 1. The fourth-order valence-electron chi connectivity index (χ4n) is 4.89. The molecule has 0 bridgehead atoms. The number of amides is 3. The Hall–Kier alpha value is -3.66. The van der Waals surface area contributed by atoms with Crippen molar-refractivity contribution in [2.75, 3.05) is 67.1 Å². The van der Waals surface area contributed by atoms with Gasteiger partial charge in [0, 0.05) is 93.9 Å². The third kappa shape index (κ3) is 4.67. The zero-order valence-corrected chi connectivity index (χ0v) is 18.9. The molecular formula is C24H28N6O4. The SMILES string of the molecule is O=C1CCN(c2ccc(N3CCN(CC4CN(c5ccc([N+](=O)[O-])cc5)C4)CC3)cc2)C(=O)N1. The lowest BCUT2D eigenvalue weighted by Gasteiger charge is -2.45. The predicted octanol–water partition coefficient (Wildman–Crippen LogP) is 2.30. The molecule has 2 aromatic rings. The Balaban J connectivity index is 1.07. The molecule has 0 spiro atoms. The first-order chi connectivity index (χ1) is 16.5. The van der Waals surface area contributed by atoms with Crippen LogP contribution in [0.4, 0.5) is 27.5 Å². The number of imide groups is 1. The Morgan fingerprint density at radius 2 is 1.41 bits per heavy atom. The van der Waals surface area contributed by atoms with Gasteiger partial charge in [-0.15, -0.1) is 0 Å². The minimum atomic E-state index is -0.368. The lowest BCUT2D eigenvalue weighted by atomic mass is 9.98. The maximum Gasteiger partial charge on any atom is 0.328 e. The van der Waals surface area contributed by atoms with E-state index >= 15 is 0 Å². The fourth-order valence-corrected chi connectivity index (χ4v) is 4.89. The minimum Gasteiger partial charge on any atom is -0.371 e. The Labute approximate surface area is 197 Å². The van der Waals surface area contributed by atoms with Gasteiger partial charge in [-0.2, -0.15) is 0 Å². The fraction of sp³-hybridized carbons (Fsp3) is 0.417. The molecule has 34 heavy (non-hydrogen) atoms. The van der Waals surface area contributed by atoms with E-state index in [0.717, 1.165) is 62.9 Å². The number of nitro groups is 1. The molecule has 0 aromatic heterocycles. The van der Waals surface area contributed by atoms with Crippen molar-refractivity contribution in [3.8, 4) is 0 Å². The zero-order valence-electron chi connectivity index (χ0n) is 18.9. The van der Waals surface area contributed by atoms with Gasteiger partial charge < -0.3 is 9.80 Å². The minimum absolute atomic E-state index is 0.127. The summed E-state index contributed by atoms with van der Waals surface area (Å²) in [4.78, 5) is 42.6. The highest BCUT2D eigenvalue weighted by molar-refractivity contribution is 6.05. The van der Waals surface area contributed by atoms with Gasteiger partial charge >= 0.3 is 6.03 Å². The number of benzene rings is 2. The van der Waals surface area contributed by atoms with Gasteiger partial charge in [-0.05, 0) is 36.4 Å². The summed E-state index contributed by atoms with van der Waals surface area (Å²) >= 11 is 0. The first kappa shape index (κ1) is 22.1. The molecule has 3 fully saturated rings. The number of rotatable bonds is 6. The predicted molar refractivity (Wildman–Crippen MR) is 129 cm³/mol. The molecule has 178 valence electrons. The van der Waals surface area contributed by atoms with E-state index in [1.165, 1.54) is 0 Å².